The Kier molecular flexibility index (Phi) is 6.17. The van der Waals surface area contributed by atoms with Crippen molar-refractivity contribution in [3.63, 3.8) is 0 Å². The maximum absolute atomic E-state index is 9.06. The number of hydrogen-bond donors (Lipinski definition) is 2. The van der Waals surface area contributed by atoms with Crippen LogP contribution in [0.25, 0.3) is 0 Å². The van der Waals surface area contributed by atoms with Gasteiger partial charge in [0, 0.05) is 33.4 Å². The van der Waals surface area contributed by atoms with Gasteiger partial charge in [-0.05, 0) is 15.9 Å². The number of nitrogens with zero attached hydrogens (tertiary/aromatic N) is 3. The van der Waals surface area contributed by atoms with Gasteiger partial charge in [-0.3, -0.25) is 0 Å². The van der Waals surface area contributed by atoms with Crippen LogP contribution >= 0.6 is 15.9 Å². The van der Waals surface area contributed by atoms with E-state index in [-0.39, 0.29) is 6.61 Å². The summed E-state index contributed by atoms with van der Waals surface area (Å²) in [6.07, 6.45) is 1.69. The Bertz CT molecular complexity index is 351. The molecule has 96 valence electrons. The van der Waals surface area contributed by atoms with Gasteiger partial charge < -0.3 is 20.1 Å². The van der Waals surface area contributed by atoms with Gasteiger partial charge in [-0.2, -0.15) is 4.98 Å². The Morgan fingerprint density at radius 3 is 2.88 bits per heavy atom. The molecule has 0 aliphatic carbocycles. The maximum Gasteiger partial charge on any atom is 0.224 e. The number of anilines is 2. The summed E-state index contributed by atoms with van der Waals surface area (Å²) in [6.45, 7) is 1.80. The summed E-state index contributed by atoms with van der Waals surface area (Å²) in [7, 11) is 3.41. The zero-order chi connectivity index (χ0) is 12.7. The molecule has 0 radical (unpaired) electrons. The van der Waals surface area contributed by atoms with Crippen molar-refractivity contribution in [3.8, 4) is 0 Å². The highest BCUT2D eigenvalue weighted by atomic mass is 79.9. The van der Waals surface area contributed by atoms with Crippen molar-refractivity contribution >= 4 is 27.7 Å². The van der Waals surface area contributed by atoms with Crippen LogP contribution in [0.1, 0.15) is 0 Å². The number of ether oxygens (including phenoxy) is 1. The van der Waals surface area contributed by atoms with Crippen molar-refractivity contribution in [2.24, 2.45) is 0 Å². The number of aliphatic hydroxyl groups excluding tert-OH is 1. The lowest BCUT2D eigenvalue weighted by Gasteiger charge is -2.23. The van der Waals surface area contributed by atoms with Gasteiger partial charge in [0.15, 0.2) is 0 Å². The zero-order valence-corrected chi connectivity index (χ0v) is 11.6. The van der Waals surface area contributed by atoms with Crippen LogP contribution < -0.4 is 10.2 Å². The first-order chi connectivity index (χ1) is 8.22. The number of aromatic nitrogens is 2. The summed E-state index contributed by atoms with van der Waals surface area (Å²) >= 11 is 3.41. The number of hydrogen-bond acceptors (Lipinski definition) is 6. The molecule has 0 unspecified atom stereocenters. The normalized spacial score (nSPS) is 10.4. The molecule has 7 heteroatoms. The lowest BCUT2D eigenvalue weighted by molar-refractivity contribution is 0.202. The van der Waals surface area contributed by atoms with Crippen molar-refractivity contribution in [3.05, 3.63) is 10.7 Å². The van der Waals surface area contributed by atoms with E-state index in [1.807, 2.05) is 4.90 Å². The lowest BCUT2D eigenvalue weighted by Crippen LogP contribution is -2.31. The molecule has 6 nitrogen and oxygen atoms in total. The molecule has 0 amide bonds. The number of rotatable bonds is 7. The van der Waals surface area contributed by atoms with Crippen LogP contribution in [0.15, 0.2) is 10.7 Å². The van der Waals surface area contributed by atoms with Gasteiger partial charge in [0.1, 0.15) is 5.82 Å². The largest absolute Gasteiger partial charge is 0.395 e. The molecular formula is C10H17BrN4O2. The summed E-state index contributed by atoms with van der Waals surface area (Å²) in [5.74, 6) is 1.29. The topological polar surface area (TPSA) is 70.5 Å². The molecule has 0 saturated carbocycles. The fraction of sp³-hybridized carbons (Fsp3) is 0.600. The third-order valence-electron chi connectivity index (χ3n) is 2.18. The van der Waals surface area contributed by atoms with Crippen LogP contribution in [0.2, 0.25) is 0 Å². The standard InChI is InChI=1S/C10H17BrN4O2/c1-12-10-13-7-8(11)9(14-10)15(3-5-16)4-6-17-2/h7,16H,3-6H2,1-2H3,(H,12,13,14). The first kappa shape index (κ1) is 14.1. The summed E-state index contributed by atoms with van der Waals surface area (Å²) in [5.41, 5.74) is 0. The van der Waals surface area contributed by atoms with E-state index in [0.29, 0.717) is 25.6 Å². The fourth-order valence-corrected chi connectivity index (χ4v) is 1.79. The van der Waals surface area contributed by atoms with Gasteiger partial charge in [0.25, 0.3) is 0 Å². The lowest BCUT2D eigenvalue weighted by atomic mass is 10.4. The summed E-state index contributed by atoms with van der Waals surface area (Å²) in [4.78, 5) is 10.4. The van der Waals surface area contributed by atoms with E-state index >= 15 is 0 Å². The Hall–Kier alpha value is -0.920. The number of aliphatic hydroxyl groups is 1. The zero-order valence-electron chi connectivity index (χ0n) is 9.98. The van der Waals surface area contributed by atoms with E-state index in [1.165, 1.54) is 0 Å². The Morgan fingerprint density at radius 2 is 2.29 bits per heavy atom. The average molecular weight is 305 g/mol. The highest BCUT2D eigenvalue weighted by molar-refractivity contribution is 9.10. The molecule has 0 aliphatic rings. The van der Waals surface area contributed by atoms with Crippen molar-refractivity contribution in [1.82, 2.24) is 9.97 Å². The monoisotopic (exact) mass is 304 g/mol. The van der Waals surface area contributed by atoms with Gasteiger partial charge >= 0.3 is 0 Å². The van der Waals surface area contributed by atoms with Crippen LogP contribution in [0.4, 0.5) is 11.8 Å². The molecule has 1 aromatic rings. The van der Waals surface area contributed by atoms with Gasteiger partial charge in [-0.15, -0.1) is 0 Å². The van der Waals surface area contributed by atoms with E-state index in [2.05, 4.69) is 31.2 Å². The minimum absolute atomic E-state index is 0.0645. The van der Waals surface area contributed by atoms with E-state index in [1.54, 1.807) is 20.4 Å². The van der Waals surface area contributed by atoms with Gasteiger partial charge in [0.2, 0.25) is 5.95 Å². The average Bonchev–Trinajstić information content (AvgIpc) is 2.35. The molecule has 0 aromatic carbocycles. The first-order valence-corrected chi connectivity index (χ1v) is 6.07. The molecule has 17 heavy (non-hydrogen) atoms. The minimum atomic E-state index is 0.0645. The second kappa shape index (κ2) is 7.41. The van der Waals surface area contributed by atoms with E-state index < -0.39 is 0 Å². The van der Waals surface area contributed by atoms with Gasteiger partial charge in [0.05, 0.1) is 17.7 Å². The fourth-order valence-electron chi connectivity index (χ4n) is 1.35. The van der Waals surface area contributed by atoms with Crippen LogP contribution in [-0.4, -0.2) is 55.5 Å². The van der Waals surface area contributed by atoms with Crippen LogP contribution in [-0.2, 0) is 4.74 Å². The molecule has 0 atom stereocenters. The van der Waals surface area contributed by atoms with Gasteiger partial charge in [-0.1, -0.05) is 0 Å². The summed E-state index contributed by atoms with van der Waals surface area (Å²) < 4.78 is 5.83. The minimum Gasteiger partial charge on any atom is -0.395 e. The molecule has 1 rings (SSSR count). The Morgan fingerprint density at radius 1 is 1.53 bits per heavy atom. The van der Waals surface area contributed by atoms with Crippen molar-refractivity contribution in [1.29, 1.82) is 0 Å². The second-order valence-corrected chi connectivity index (χ2v) is 4.17. The third kappa shape index (κ3) is 4.10. The van der Waals surface area contributed by atoms with Crippen molar-refractivity contribution in [2.75, 3.05) is 50.7 Å². The Balaban J connectivity index is 2.90. The molecule has 0 aliphatic heterocycles. The maximum atomic E-state index is 9.06. The van der Waals surface area contributed by atoms with E-state index in [0.717, 1.165) is 10.3 Å². The molecule has 0 bridgehead atoms. The highest BCUT2D eigenvalue weighted by Crippen LogP contribution is 2.23. The van der Waals surface area contributed by atoms with Gasteiger partial charge in [-0.25, -0.2) is 4.98 Å². The Labute approximate surface area is 109 Å². The van der Waals surface area contributed by atoms with E-state index in [4.69, 9.17) is 9.84 Å². The van der Waals surface area contributed by atoms with Crippen LogP contribution in [0, 0.1) is 0 Å². The molecule has 2 N–H and O–H groups in total. The predicted octanol–water partition coefficient (Wildman–Crippen LogP) is 0.726. The first-order valence-electron chi connectivity index (χ1n) is 5.28. The number of nitrogens with one attached hydrogen (secondary N) is 1. The second-order valence-electron chi connectivity index (χ2n) is 3.32. The van der Waals surface area contributed by atoms with Crippen molar-refractivity contribution < 1.29 is 9.84 Å². The quantitative estimate of drug-likeness (QED) is 0.774. The number of methoxy groups -OCH3 is 1. The smallest absolute Gasteiger partial charge is 0.224 e. The molecule has 1 aromatic heterocycles. The molecular weight excluding hydrogens is 288 g/mol. The molecule has 1 heterocycles. The summed E-state index contributed by atoms with van der Waals surface area (Å²) in [5, 5.41) is 11.9. The van der Waals surface area contributed by atoms with Crippen LogP contribution in [0.5, 0.6) is 0 Å². The molecule has 0 saturated heterocycles. The highest BCUT2D eigenvalue weighted by Gasteiger charge is 2.12. The van der Waals surface area contributed by atoms with E-state index in [9.17, 15) is 0 Å². The van der Waals surface area contributed by atoms with Crippen molar-refractivity contribution in [2.45, 2.75) is 0 Å². The summed E-state index contributed by atoms with van der Waals surface area (Å²) in [6, 6.07) is 0. The van der Waals surface area contributed by atoms with Crippen LogP contribution in [0.3, 0.4) is 0 Å². The SMILES string of the molecule is CNc1ncc(Br)c(N(CCO)CCOC)n1. The number of halogens is 1. The molecule has 0 spiro atoms. The predicted molar refractivity (Wildman–Crippen MR) is 70.5 cm³/mol. The third-order valence-corrected chi connectivity index (χ3v) is 2.74. The molecule has 0 fully saturated rings.